The van der Waals surface area contributed by atoms with Crippen LogP contribution in [0, 0.1) is 41.5 Å². The zero-order valence-electron chi connectivity index (χ0n) is 72.0. The van der Waals surface area contributed by atoms with Crippen LogP contribution >= 0.6 is 34.0 Å². The van der Waals surface area contributed by atoms with Gasteiger partial charge in [-0.1, -0.05) is 135 Å². The molecule has 26 rings (SSSR count). The summed E-state index contributed by atoms with van der Waals surface area (Å²) in [6, 6.07) is 73.3. The lowest BCUT2D eigenvalue weighted by atomic mass is 9.86. The van der Waals surface area contributed by atoms with Crippen LogP contribution in [0.2, 0.25) is 0 Å². The van der Waals surface area contributed by atoms with Crippen molar-refractivity contribution in [2.45, 2.75) is 79.6 Å². The van der Waals surface area contributed by atoms with Crippen LogP contribution in [-0.4, -0.2) is 24.9 Å². The third-order valence-corrected chi connectivity index (χ3v) is 28.8. The summed E-state index contributed by atoms with van der Waals surface area (Å²) in [6.07, 6.45) is 21.3. The highest BCUT2D eigenvalue weighted by Crippen LogP contribution is 2.50. The standard InChI is InChI=1S/C26H25N2O2.C21H17N2O2.C20H15N2O2.C20H15N2OS.C20H15N2S2/c1-16-12-13-19-24(30-25-18-10-6-7-11-22(18)29-26(19)25)23(16)21-14-20(27-15-28(21)2)17-8-4-3-5-9-17;1-12-8-16-19(10-15(12)17-9-13(2)22-11-23(17)3)25-20-14-6-4-5-7-18(14)24-21(16)20;1-12-9-15-18(10-14(12)16-7-8-21-11-22(16)2)24-19-13-5-3-4-6-17(13)23-20(15)19;1-12-7-8-14-18(17(12)15-9-10-21-11-22(15)2)23-19-13-5-3-4-6-16(13)24-20(14)19;1-12-7-8-14-18-13-5-3-4-6-16(13)23-20(18)24-19(14)17(12)15-9-10-21-11-22(15)2/h6-7,10-15,17H,3-5,8-9H2,1-2H3;4-11H,1-3H3;3*3-11H,1-2H3/q5*+1. The van der Waals surface area contributed by atoms with Crippen molar-refractivity contribution < 1.29 is 53.8 Å². The van der Waals surface area contributed by atoms with Crippen molar-refractivity contribution in [3.05, 3.63) is 302 Å². The Labute approximate surface area is 740 Å². The zero-order chi connectivity index (χ0) is 86.1. The molecule has 1 saturated carbocycles. The van der Waals surface area contributed by atoms with Gasteiger partial charge < -0.3 is 30.9 Å². The molecule has 620 valence electrons. The number of benzene rings is 10. The van der Waals surface area contributed by atoms with E-state index >= 15 is 0 Å². The van der Waals surface area contributed by atoms with Gasteiger partial charge in [0.2, 0.25) is 0 Å². The number of aromatic nitrogens is 10. The Hall–Kier alpha value is -14.4. The molecule has 1 fully saturated rings. The van der Waals surface area contributed by atoms with Crippen molar-refractivity contribution in [2.75, 3.05) is 0 Å². The fraction of sp³-hybridized carbons (Fsp3) is 0.159. The van der Waals surface area contributed by atoms with Gasteiger partial charge in [-0.2, -0.15) is 0 Å². The second-order valence-corrected chi connectivity index (χ2v) is 36.8. The second-order valence-electron chi connectivity index (χ2n) is 33.4. The molecule has 1 aliphatic carbocycles. The first-order chi connectivity index (χ1) is 62.0. The third kappa shape index (κ3) is 13.5. The van der Waals surface area contributed by atoms with Crippen LogP contribution in [0.4, 0.5) is 0 Å². The molecule has 0 amide bonds. The van der Waals surface area contributed by atoms with Gasteiger partial charge in [-0.3, -0.25) is 0 Å². The predicted molar refractivity (Wildman–Crippen MR) is 511 cm³/mol. The molecule has 20 heteroatoms. The highest BCUT2D eigenvalue weighted by Gasteiger charge is 2.30. The van der Waals surface area contributed by atoms with E-state index in [1.165, 1.54) is 127 Å². The normalized spacial score (nSPS) is 12.7. The van der Waals surface area contributed by atoms with Gasteiger partial charge >= 0.3 is 0 Å². The summed E-state index contributed by atoms with van der Waals surface area (Å²) < 4.78 is 60.4. The van der Waals surface area contributed by atoms with Crippen LogP contribution in [0.25, 0.3) is 217 Å². The van der Waals surface area contributed by atoms with Crippen LogP contribution in [0.5, 0.6) is 0 Å². The molecule has 0 atom stereocenters. The van der Waals surface area contributed by atoms with E-state index in [1.807, 2.05) is 181 Å². The number of hydrogen-bond donors (Lipinski definition) is 0. The monoisotopic (exact) mass is 1720 g/mol. The maximum absolute atomic E-state index is 6.48. The lowest BCUT2D eigenvalue weighted by molar-refractivity contribution is -0.663. The number of hydrogen-bond acceptors (Lipinski definition) is 15. The summed E-state index contributed by atoms with van der Waals surface area (Å²) in [6.45, 7) is 12.7. The number of thiophene rings is 3. The first-order valence-corrected chi connectivity index (χ1v) is 45.2. The molecular formula is C107H87N10O7S3+5. The number of furan rings is 7. The Balaban J connectivity index is 0.0000000940. The van der Waals surface area contributed by atoms with E-state index < -0.39 is 0 Å². The number of aryl methyl sites for hydroxylation is 11. The minimum atomic E-state index is 0.565. The molecule has 127 heavy (non-hydrogen) atoms. The Morgan fingerprint density at radius 3 is 1.31 bits per heavy atom. The molecule has 0 spiro atoms. The maximum Gasteiger partial charge on any atom is 0.286 e. The van der Waals surface area contributed by atoms with Crippen molar-refractivity contribution in [1.29, 1.82) is 0 Å². The molecule has 0 unspecified atom stereocenters. The lowest BCUT2D eigenvalue weighted by Gasteiger charge is -2.19. The lowest BCUT2D eigenvalue weighted by Crippen LogP contribution is -2.32. The van der Waals surface area contributed by atoms with E-state index in [1.54, 1.807) is 23.9 Å². The summed E-state index contributed by atoms with van der Waals surface area (Å²) in [5.41, 5.74) is 31.9. The quantitative estimate of drug-likeness (QED) is 0.144. The van der Waals surface area contributed by atoms with Crippen LogP contribution in [0.15, 0.2) is 293 Å². The summed E-state index contributed by atoms with van der Waals surface area (Å²) in [5.74, 6) is 0.565. The molecule has 15 aromatic heterocycles. The van der Waals surface area contributed by atoms with Gasteiger partial charge in [0.25, 0.3) is 31.6 Å². The van der Waals surface area contributed by atoms with Gasteiger partial charge in [-0.05, 0) is 166 Å². The first-order valence-electron chi connectivity index (χ1n) is 42.8. The molecule has 10 aromatic carbocycles. The van der Waals surface area contributed by atoms with E-state index in [2.05, 4.69) is 211 Å². The molecule has 0 aliphatic heterocycles. The Morgan fingerprint density at radius 1 is 0.291 bits per heavy atom. The Bertz CT molecular complexity index is 8650. The Kier molecular flexibility index (Phi) is 19.6. The molecular weight excluding hydrogens is 1630 g/mol. The summed E-state index contributed by atoms with van der Waals surface area (Å²) in [4.78, 5) is 21.7. The molecule has 1 aliphatic rings. The van der Waals surface area contributed by atoms with Gasteiger partial charge in [-0.25, -0.2) is 22.8 Å². The van der Waals surface area contributed by atoms with Crippen LogP contribution in [0.3, 0.4) is 0 Å². The number of nitrogens with zero attached hydrogens (tertiary/aromatic N) is 10. The van der Waals surface area contributed by atoms with Gasteiger partial charge in [0.1, 0.15) is 80.6 Å². The number of fused-ring (bicyclic) bond motifs is 25. The molecule has 0 bridgehead atoms. The SMILES string of the molecule is Cc1cc(-c2cc3oc4c5ccccc5oc4c3cc2C)[n+](C)cn1.Cc1cc2c(cc1-c1ccnc[n+]1C)oc1c3ccccc3oc21.Cc1ccc2c(oc3c4ccccc4oc23)c1-c1cc(C2CCCCC2)nc[n+]1C.Cc1ccc2c(oc3c4ccccc4sc23)c1-c1ccnc[n+]1C.Cc1ccc2c(sc3sc4ccccc4c32)c1-c1ccnc[n+]1C. The summed E-state index contributed by atoms with van der Waals surface area (Å²) in [7, 11) is 10.1. The molecule has 0 saturated heterocycles. The van der Waals surface area contributed by atoms with Gasteiger partial charge in [-0.15, -0.1) is 34.0 Å². The van der Waals surface area contributed by atoms with Crippen LogP contribution in [0.1, 0.15) is 77.2 Å². The highest BCUT2D eigenvalue weighted by molar-refractivity contribution is 7.44. The molecule has 25 aromatic rings. The third-order valence-electron chi connectivity index (χ3n) is 25.2. The minimum Gasteiger partial charge on any atom is -0.454 e. The van der Waals surface area contributed by atoms with E-state index in [-0.39, 0.29) is 0 Å². The number of rotatable bonds is 6. The average molecular weight is 1720 g/mol. The molecule has 0 radical (unpaired) electrons. The smallest absolute Gasteiger partial charge is 0.286 e. The summed E-state index contributed by atoms with van der Waals surface area (Å²) >= 11 is 5.62. The van der Waals surface area contributed by atoms with Gasteiger partial charge in [0, 0.05) is 101 Å². The maximum atomic E-state index is 6.48. The fourth-order valence-electron chi connectivity index (χ4n) is 18.7. The van der Waals surface area contributed by atoms with Crippen molar-refractivity contribution in [3.8, 4) is 56.3 Å². The van der Waals surface area contributed by atoms with Crippen molar-refractivity contribution >= 4 is 194 Å². The Morgan fingerprint density at radius 2 is 0.724 bits per heavy atom. The van der Waals surface area contributed by atoms with E-state index in [0.29, 0.717) is 5.92 Å². The van der Waals surface area contributed by atoms with Crippen LogP contribution < -0.4 is 22.8 Å². The van der Waals surface area contributed by atoms with Crippen molar-refractivity contribution in [2.24, 2.45) is 35.2 Å². The summed E-state index contributed by atoms with van der Waals surface area (Å²) in [5, 5.41) is 12.6. The van der Waals surface area contributed by atoms with E-state index in [9.17, 15) is 0 Å². The van der Waals surface area contributed by atoms with E-state index in [4.69, 9.17) is 35.9 Å². The molecule has 15 heterocycles. The largest absolute Gasteiger partial charge is 0.454 e. The highest BCUT2D eigenvalue weighted by atomic mass is 32.2. The van der Waals surface area contributed by atoms with Crippen LogP contribution in [-0.2, 0) is 35.2 Å². The van der Waals surface area contributed by atoms with E-state index in [0.717, 1.165) is 161 Å². The first kappa shape index (κ1) is 78.5. The van der Waals surface area contributed by atoms with Crippen molar-refractivity contribution in [3.63, 3.8) is 0 Å². The topological polar surface area (TPSA) is 176 Å². The minimum absolute atomic E-state index is 0.565. The average Bonchev–Trinajstić information content (AvgIpc) is 1.59. The van der Waals surface area contributed by atoms with Gasteiger partial charge in [0.05, 0.1) is 87.4 Å². The van der Waals surface area contributed by atoms with Gasteiger partial charge in [0.15, 0.2) is 56.1 Å². The molecule has 17 nitrogen and oxygen atoms in total. The second kappa shape index (κ2) is 31.7. The fourth-order valence-corrected chi connectivity index (χ4v) is 22.6. The molecule has 0 N–H and O–H groups in total. The zero-order valence-corrected chi connectivity index (χ0v) is 74.4. The number of para-hydroxylation sites is 3. The van der Waals surface area contributed by atoms with Crippen molar-refractivity contribution in [1.82, 2.24) is 24.9 Å². The predicted octanol–water partition coefficient (Wildman–Crippen LogP) is 26.4.